The van der Waals surface area contributed by atoms with Gasteiger partial charge >= 0.3 is 0 Å². The molecule has 0 spiro atoms. The quantitative estimate of drug-likeness (QED) is 0.401. The Kier molecular flexibility index (Phi) is 7.14. The van der Waals surface area contributed by atoms with Gasteiger partial charge < -0.3 is 19.5 Å². The van der Waals surface area contributed by atoms with Crippen LogP contribution in [0, 0.1) is 0 Å². The lowest BCUT2D eigenvalue weighted by molar-refractivity contribution is 0.414. The van der Waals surface area contributed by atoms with Crippen LogP contribution in [0.1, 0.15) is 42.4 Å². The van der Waals surface area contributed by atoms with Crippen LogP contribution < -0.4 is 10.1 Å². The van der Waals surface area contributed by atoms with Crippen LogP contribution in [0.5, 0.6) is 5.75 Å². The lowest BCUT2D eigenvalue weighted by Crippen LogP contribution is -2.40. The number of nitrogens with one attached hydrogen (secondary N) is 1. The van der Waals surface area contributed by atoms with Crippen molar-refractivity contribution in [3.8, 4) is 5.75 Å². The van der Waals surface area contributed by atoms with Crippen molar-refractivity contribution in [2.45, 2.75) is 44.7 Å². The number of methoxy groups -OCH3 is 1. The highest BCUT2D eigenvalue weighted by atomic mass is 127. The molecule has 1 unspecified atom stereocenters. The van der Waals surface area contributed by atoms with Gasteiger partial charge in [-0.3, -0.25) is 4.99 Å². The molecule has 1 aromatic heterocycles. The number of fused-ring (bicyclic) bond motifs is 1. The van der Waals surface area contributed by atoms with E-state index in [0.29, 0.717) is 12.5 Å². The molecule has 0 aliphatic carbocycles. The highest BCUT2D eigenvalue weighted by Gasteiger charge is 2.26. The van der Waals surface area contributed by atoms with Crippen LogP contribution in [-0.4, -0.2) is 52.9 Å². The van der Waals surface area contributed by atoms with E-state index in [9.17, 15) is 0 Å². The first kappa shape index (κ1) is 20.9. The van der Waals surface area contributed by atoms with Gasteiger partial charge in [-0.2, -0.15) is 0 Å². The number of aliphatic imine (C=N–C) groups is 1. The largest absolute Gasteiger partial charge is 0.497 e. The number of ether oxygens (including phenoxy) is 1. The van der Waals surface area contributed by atoms with E-state index in [4.69, 9.17) is 4.74 Å². The van der Waals surface area contributed by atoms with E-state index in [1.165, 1.54) is 18.4 Å². The van der Waals surface area contributed by atoms with E-state index in [2.05, 4.69) is 42.1 Å². The van der Waals surface area contributed by atoms with E-state index in [-0.39, 0.29) is 24.0 Å². The van der Waals surface area contributed by atoms with Crippen molar-refractivity contribution in [1.29, 1.82) is 0 Å². The molecule has 0 radical (unpaired) electrons. The van der Waals surface area contributed by atoms with E-state index < -0.39 is 0 Å². The lowest BCUT2D eigenvalue weighted by atomic mass is 9.98. The van der Waals surface area contributed by atoms with Gasteiger partial charge in [-0.05, 0) is 37.0 Å². The van der Waals surface area contributed by atoms with Crippen LogP contribution >= 0.6 is 24.0 Å². The zero-order valence-corrected chi connectivity index (χ0v) is 18.9. The molecular formula is C20H29IN6O. The van der Waals surface area contributed by atoms with Crippen molar-refractivity contribution in [3.05, 3.63) is 41.5 Å². The summed E-state index contributed by atoms with van der Waals surface area (Å²) in [4.78, 5) is 6.83. The van der Waals surface area contributed by atoms with E-state index in [1.54, 1.807) is 7.11 Å². The van der Waals surface area contributed by atoms with Crippen molar-refractivity contribution in [2.24, 2.45) is 4.99 Å². The summed E-state index contributed by atoms with van der Waals surface area (Å²) in [6.07, 6.45) is 4.60. The molecule has 1 fully saturated rings. The summed E-state index contributed by atoms with van der Waals surface area (Å²) in [6.45, 7) is 3.68. The molecule has 0 amide bonds. The molecule has 4 rings (SSSR count). The van der Waals surface area contributed by atoms with Crippen molar-refractivity contribution in [2.75, 3.05) is 27.2 Å². The third-order valence-electron chi connectivity index (χ3n) is 5.63. The molecule has 2 aliphatic heterocycles. The van der Waals surface area contributed by atoms with E-state index in [1.807, 2.05) is 19.2 Å². The average Bonchev–Trinajstić information content (AvgIpc) is 3.36. The highest BCUT2D eigenvalue weighted by molar-refractivity contribution is 14.0. The number of halogens is 1. The molecule has 7 nitrogen and oxygen atoms in total. The van der Waals surface area contributed by atoms with Crippen molar-refractivity contribution in [1.82, 2.24) is 25.0 Å². The first-order valence-corrected chi connectivity index (χ1v) is 9.79. The molecule has 2 aromatic rings. The Bertz CT molecular complexity index is 804. The first-order chi connectivity index (χ1) is 13.3. The summed E-state index contributed by atoms with van der Waals surface area (Å²) in [5.41, 5.74) is 1.36. The van der Waals surface area contributed by atoms with Gasteiger partial charge in [0.15, 0.2) is 11.8 Å². The van der Waals surface area contributed by atoms with Gasteiger partial charge in [-0.15, -0.1) is 34.2 Å². The van der Waals surface area contributed by atoms with Gasteiger partial charge in [0.05, 0.1) is 13.7 Å². The number of rotatable bonds is 4. The third-order valence-corrected chi connectivity index (χ3v) is 5.63. The summed E-state index contributed by atoms with van der Waals surface area (Å²) in [6, 6.07) is 8.43. The van der Waals surface area contributed by atoms with Crippen LogP contribution in [0.2, 0.25) is 0 Å². The Morgan fingerprint density at radius 2 is 2.04 bits per heavy atom. The maximum Gasteiger partial charge on any atom is 0.194 e. The number of hydrogen-bond donors (Lipinski definition) is 1. The van der Waals surface area contributed by atoms with Gasteiger partial charge in [0, 0.05) is 39.0 Å². The number of likely N-dealkylation sites (tertiary alicyclic amines) is 1. The predicted octanol–water partition coefficient (Wildman–Crippen LogP) is 2.81. The topological polar surface area (TPSA) is 67.6 Å². The number of aromatic nitrogens is 3. The van der Waals surface area contributed by atoms with Gasteiger partial charge in [-0.25, -0.2) is 0 Å². The first-order valence-electron chi connectivity index (χ1n) is 9.79. The number of guanidine groups is 1. The highest BCUT2D eigenvalue weighted by Crippen LogP contribution is 2.28. The molecule has 0 bridgehead atoms. The maximum absolute atomic E-state index is 5.26. The predicted molar refractivity (Wildman–Crippen MR) is 120 cm³/mol. The Morgan fingerprint density at radius 3 is 2.79 bits per heavy atom. The van der Waals surface area contributed by atoms with Gasteiger partial charge in [0.25, 0.3) is 0 Å². The van der Waals surface area contributed by atoms with Crippen LogP contribution in [0.15, 0.2) is 29.3 Å². The molecule has 28 heavy (non-hydrogen) atoms. The van der Waals surface area contributed by atoms with E-state index in [0.717, 1.165) is 55.8 Å². The second-order valence-corrected chi connectivity index (χ2v) is 7.25. The fourth-order valence-electron chi connectivity index (χ4n) is 4.09. The molecule has 0 saturated carbocycles. The van der Waals surface area contributed by atoms with Crippen LogP contribution in [0.3, 0.4) is 0 Å². The fourth-order valence-corrected chi connectivity index (χ4v) is 4.09. The number of hydrogen-bond acceptors (Lipinski definition) is 4. The second kappa shape index (κ2) is 9.58. The van der Waals surface area contributed by atoms with Crippen molar-refractivity contribution < 1.29 is 4.74 Å². The van der Waals surface area contributed by atoms with Crippen molar-refractivity contribution >= 4 is 29.9 Å². The van der Waals surface area contributed by atoms with Gasteiger partial charge in [-0.1, -0.05) is 12.1 Å². The van der Waals surface area contributed by atoms with Crippen LogP contribution in [0.25, 0.3) is 0 Å². The smallest absolute Gasteiger partial charge is 0.194 e. The average molecular weight is 496 g/mol. The van der Waals surface area contributed by atoms with Crippen LogP contribution in [-0.2, 0) is 19.5 Å². The number of nitrogens with zero attached hydrogens (tertiary/aromatic N) is 5. The van der Waals surface area contributed by atoms with E-state index >= 15 is 0 Å². The molecule has 1 atom stereocenters. The molecule has 8 heteroatoms. The normalized spacial score (nSPS) is 19.1. The van der Waals surface area contributed by atoms with Gasteiger partial charge in [0.2, 0.25) is 0 Å². The minimum absolute atomic E-state index is 0. The lowest BCUT2D eigenvalue weighted by Gasteiger charge is -2.22. The minimum atomic E-state index is 0. The summed E-state index contributed by atoms with van der Waals surface area (Å²) in [5, 5.41) is 12.2. The van der Waals surface area contributed by atoms with Crippen LogP contribution in [0.4, 0.5) is 0 Å². The monoisotopic (exact) mass is 496 g/mol. The number of aryl methyl sites for hydroxylation is 1. The third kappa shape index (κ3) is 4.42. The fraction of sp³-hybridized carbons (Fsp3) is 0.550. The zero-order chi connectivity index (χ0) is 18.6. The molecule has 2 aliphatic rings. The Hall–Kier alpha value is -1.84. The Morgan fingerprint density at radius 1 is 1.21 bits per heavy atom. The zero-order valence-electron chi connectivity index (χ0n) is 16.6. The minimum Gasteiger partial charge on any atom is -0.497 e. The maximum atomic E-state index is 5.26. The summed E-state index contributed by atoms with van der Waals surface area (Å²) in [5.74, 6) is 4.50. The SMILES string of the molecule is CN=C(NCc1nnc2n1CCCC2)N1CCC(c2ccc(OC)cc2)C1.I. The summed E-state index contributed by atoms with van der Waals surface area (Å²) < 4.78 is 7.52. The standard InChI is InChI=1S/C20H28N6O.HI/c1-21-20(22-13-19-24-23-18-5-3-4-11-26(18)19)25-12-10-16(14-25)15-6-8-17(27-2)9-7-15;/h6-9,16H,3-5,10-14H2,1-2H3,(H,21,22);1H. The molecule has 1 aromatic carbocycles. The Labute approximate surface area is 183 Å². The summed E-state index contributed by atoms with van der Waals surface area (Å²) >= 11 is 0. The number of benzene rings is 1. The molecule has 152 valence electrons. The van der Waals surface area contributed by atoms with Crippen molar-refractivity contribution in [3.63, 3.8) is 0 Å². The molecular weight excluding hydrogens is 467 g/mol. The Balaban J connectivity index is 0.00000225. The molecule has 3 heterocycles. The van der Waals surface area contributed by atoms with Gasteiger partial charge in [0.1, 0.15) is 11.6 Å². The molecule has 1 saturated heterocycles. The molecule has 1 N–H and O–H groups in total. The summed E-state index contributed by atoms with van der Waals surface area (Å²) in [7, 11) is 3.55. The second-order valence-electron chi connectivity index (χ2n) is 7.25.